The van der Waals surface area contributed by atoms with Gasteiger partial charge in [-0.2, -0.15) is 0 Å². The first-order valence-corrected chi connectivity index (χ1v) is 7.04. The molecule has 0 amide bonds. The molecule has 1 aromatic rings. The van der Waals surface area contributed by atoms with E-state index in [-0.39, 0.29) is 6.04 Å². The summed E-state index contributed by atoms with van der Waals surface area (Å²) < 4.78 is 5.17. The summed E-state index contributed by atoms with van der Waals surface area (Å²) in [6.45, 7) is 9.17. The van der Waals surface area contributed by atoms with E-state index in [0.717, 1.165) is 31.9 Å². The van der Waals surface area contributed by atoms with E-state index in [1.54, 1.807) is 7.11 Å². The fraction of sp³-hybridized carbons (Fsp3) is 0.600. The molecule has 0 aliphatic heterocycles. The summed E-state index contributed by atoms with van der Waals surface area (Å²) in [7, 11) is 1.68. The van der Waals surface area contributed by atoms with Crippen LogP contribution in [0.25, 0.3) is 0 Å². The molecule has 1 atom stereocenters. The van der Waals surface area contributed by atoms with E-state index in [4.69, 9.17) is 10.5 Å². The van der Waals surface area contributed by atoms with Gasteiger partial charge in [-0.1, -0.05) is 26.0 Å². The Labute approximate surface area is 116 Å². The van der Waals surface area contributed by atoms with Gasteiger partial charge in [0.15, 0.2) is 0 Å². The van der Waals surface area contributed by atoms with Gasteiger partial charge in [-0.05, 0) is 30.8 Å². The molecule has 3 N–H and O–H groups in total. The first-order valence-electron chi connectivity index (χ1n) is 7.04. The molecule has 0 bridgehead atoms. The van der Waals surface area contributed by atoms with Crippen LogP contribution >= 0.6 is 0 Å². The number of nitrogens with two attached hydrogens (primary N) is 1. The van der Waals surface area contributed by atoms with Gasteiger partial charge in [0.25, 0.3) is 0 Å². The number of hydrogen-bond acceptors (Lipinski definition) is 4. The van der Waals surface area contributed by atoms with Gasteiger partial charge in [0.1, 0.15) is 5.75 Å². The van der Waals surface area contributed by atoms with Crippen molar-refractivity contribution in [1.29, 1.82) is 0 Å². The molecule has 4 heteroatoms. The van der Waals surface area contributed by atoms with Crippen LogP contribution in [0.2, 0.25) is 0 Å². The summed E-state index contributed by atoms with van der Waals surface area (Å²) >= 11 is 0. The van der Waals surface area contributed by atoms with Crippen LogP contribution in [-0.4, -0.2) is 44.7 Å². The third-order valence-corrected chi connectivity index (χ3v) is 3.47. The third kappa shape index (κ3) is 5.19. The van der Waals surface area contributed by atoms with Crippen molar-refractivity contribution in [3.63, 3.8) is 0 Å². The Hall–Kier alpha value is -1.10. The number of benzene rings is 1. The van der Waals surface area contributed by atoms with E-state index in [2.05, 4.69) is 36.2 Å². The molecule has 0 saturated carbocycles. The van der Waals surface area contributed by atoms with Crippen LogP contribution in [-0.2, 0) is 0 Å². The molecular weight excluding hydrogens is 238 g/mol. The molecule has 0 saturated heterocycles. The molecule has 0 fully saturated rings. The lowest BCUT2D eigenvalue weighted by molar-refractivity contribution is 0.297. The zero-order valence-corrected chi connectivity index (χ0v) is 12.4. The summed E-state index contributed by atoms with van der Waals surface area (Å²) in [5.41, 5.74) is 7.06. The van der Waals surface area contributed by atoms with E-state index >= 15 is 0 Å². The molecule has 4 nitrogen and oxygen atoms in total. The van der Waals surface area contributed by atoms with Crippen molar-refractivity contribution in [2.45, 2.75) is 19.9 Å². The van der Waals surface area contributed by atoms with Crippen LogP contribution in [0.3, 0.4) is 0 Å². The van der Waals surface area contributed by atoms with Gasteiger partial charge in [-0.3, -0.25) is 0 Å². The largest absolute Gasteiger partial charge is 0.497 e. The molecule has 108 valence electrons. The van der Waals surface area contributed by atoms with E-state index in [1.807, 2.05) is 12.1 Å². The van der Waals surface area contributed by atoms with Crippen LogP contribution in [0.1, 0.15) is 25.5 Å². The van der Waals surface area contributed by atoms with E-state index < -0.39 is 0 Å². The SMILES string of the molecule is CCN(CC)CCNC(CN)c1ccc(OC)cc1. The zero-order chi connectivity index (χ0) is 14.1. The molecule has 19 heavy (non-hydrogen) atoms. The smallest absolute Gasteiger partial charge is 0.118 e. The molecule has 0 heterocycles. The van der Waals surface area contributed by atoms with Crippen molar-refractivity contribution in [3.8, 4) is 5.75 Å². The summed E-state index contributed by atoms with van der Waals surface area (Å²) in [6.07, 6.45) is 0. The number of ether oxygens (including phenoxy) is 1. The van der Waals surface area contributed by atoms with E-state index in [9.17, 15) is 0 Å². The van der Waals surface area contributed by atoms with Gasteiger partial charge in [0, 0.05) is 25.7 Å². The molecule has 0 radical (unpaired) electrons. The number of rotatable bonds is 9. The Kier molecular flexibility index (Phi) is 7.48. The molecule has 0 aliphatic carbocycles. The summed E-state index contributed by atoms with van der Waals surface area (Å²) in [5, 5.41) is 3.51. The highest BCUT2D eigenvalue weighted by molar-refractivity contribution is 5.29. The lowest BCUT2D eigenvalue weighted by Gasteiger charge is -2.22. The van der Waals surface area contributed by atoms with Crippen LogP contribution in [0.4, 0.5) is 0 Å². The number of likely N-dealkylation sites (N-methyl/N-ethyl adjacent to an activating group) is 1. The highest BCUT2D eigenvalue weighted by Crippen LogP contribution is 2.16. The second kappa shape index (κ2) is 8.91. The molecule has 1 aromatic carbocycles. The fourth-order valence-electron chi connectivity index (χ4n) is 2.11. The highest BCUT2D eigenvalue weighted by Gasteiger charge is 2.09. The Morgan fingerprint density at radius 1 is 1.21 bits per heavy atom. The van der Waals surface area contributed by atoms with Crippen molar-refractivity contribution >= 4 is 0 Å². The quantitative estimate of drug-likeness (QED) is 0.712. The normalized spacial score (nSPS) is 12.7. The van der Waals surface area contributed by atoms with Crippen LogP contribution in [0.5, 0.6) is 5.75 Å². The van der Waals surface area contributed by atoms with Gasteiger partial charge in [-0.25, -0.2) is 0 Å². The highest BCUT2D eigenvalue weighted by atomic mass is 16.5. The number of nitrogens with zero attached hydrogens (tertiary/aromatic N) is 1. The second-order valence-electron chi connectivity index (χ2n) is 4.54. The van der Waals surface area contributed by atoms with Crippen molar-refractivity contribution in [2.75, 3.05) is 39.8 Å². The minimum Gasteiger partial charge on any atom is -0.497 e. The van der Waals surface area contributed by atoms with Crippen molar-refractivity contribution in [1.82, 2.24) is 10.2 Å². The summed E-state index contributed by atoms with van der Waals surface area (Å²) in [6, 6.07) is 8.30. The van der Waals surface area contributed by atoms with Gasteiger partial charge < -0.3 is 20.7 Å². The van der Waals surface area contributed by atoms with Crippen molar-refractivity contribution in [3.05, 3.63) is 29.8 Å². The van der Waals surface area contributed by atoms with E-state index in [0.29, 0.717) is 6.54 Å². The number of methoxy groups -OCH3 is 1. The summed E-state index contributed by atoms with van der Waals surface area (Å²) in [4.78, 5) is 2.40. The lowest BCUT2D eigenvalue weighted by Crippen LogP contribution is -2.36. The first kappa shape index (κ1) is 16.0. The van der Waals surface area contributed by atoms with Gasteiger partial charge in [-0.15, -0.1) is 0 Å². The maximum absolute atomic E-state index is 5.85. The molecular formula is C15H27N3O. The first-order chi connectivity index (χ1) is 9.24. The molecule has 0 aliphatic rings. The second-order valence-corrected chi connectivity index (χ2v) is 4.54. The van der Waals surface area contributed by atoms with Crippen molar-refractivity contribution < 1.29 is 4.74 Å². The predicted molar refractivity (Wildman–Crippen MR) is 80.6 cm³/mol. The lowest BCUT2D eigenvalue weighted by atomic mass is 10.1. The minimum atomic E-state index is 0.210. The predicted octanol–water partition coefficient (Wildman–Crippen LogP) is 1.63. The average Bonchev–Trinajstić information content (AvgIpc) is 2.48. The number of hydrogen-bond donors (Lipinski definition) is 2. The zero-order valence-electron chi connectivity index (χ0n) is 12.4. The Morgan fingerprint density at radius 3 is 2.32 bits per heavy atom. The molecule has 0 aromatic heterocycles. The van der Waals surface area contributed by atoms with Crippen molar-refractivity contribution in [2.24, 2.45) is 5.73 Å². The number of nitrogens with one attached hydrogen (secondary N) is 1. The van der Waals surface area contributed by atoms with Crippen LogP contribution in [0, 0.1) is 0 Å². The van der Waals surface area contributed by atoms with Gasteiger partial charge in [0.2, 0.25) is 0 Å². The Balaban J connectivity index is 2.48. The minimum absolute atomic E-state index is 0.210. The topological polar surface area (TPSA) is 50.5 Å². The molecule has 1 rings (SSSR count). The van der Waals surface area contributed by atoms with Gasteiger partial charge in [0.05, 0.1) is 7.11 Å². The Bertz CT molecular complexity index is 336. The average molecular weight is 265 g/mol. The maximum atomic E-state index is 5.85. The third-order valence-electron chi connectivity index (χ3n) is 3.47. The summed E-state index contributed by atoms with van der Waals surface area (Å²) in [5.74, 6) is 0.877. The maximum Gasteiger partial charge on any atom is 0.118 e. The molecule has 0 spiro atoms. The Morgan fingerprint density at radius 2 is 1.84 bits per heavy atom. The van der Waals surface area contributed by atoms with Crippen LogP contribution < -0.4 is 15.8 Å². The fourth-order valence-corrected chi connectivity index (χ4v) is 2.11. The van der Waals surface area contributed by atoms with E-state index in [1.165, 1.54) is 5.56 Å². The van der Waals surface area contributed by atoms with Crippen LogP contribution in [0.15, 0.2) is 24.3 Å². The van der Waals surface area contributed by atoms with Gasteiger partial charge >= 0.3 is 0 Å². The monoisotopic (exact) mass is 265 g/mol. The molecule has 1 unspecified atom stereocenters. The standard InChI is InChI=1S/C15H27N3O/c1-4-18(5-2)11-10-17-15(12-16)13-6-8-14(19-3)9-7-13/h6-9,15,17H,4-5,10-12,16H2,1-3H3.